The Morgan fingerprint density at radius 2 is 2.06 bits per heavy atom. The molecule has 0 unspecified atom stereocenters. The molecule has 0 aliphatic carbocycles. The molecule has 0 atom stereocenters. The molecule has 16 heavy (non-hydrogen) atoms. The number of nitro groups is 1. The van der Waals surface area contributed by atoms with Gasteiger partial charge in [-0.25, -0.2) is 4.68 Å². The van der Waals surface area contributed by atoms with Gasteiger partial charge in [-0.1, -0.05) is 27.7 Å². The second-order valence-electron chi connectivity index (χ2n) is 5.08. The molecule has 0 aromatic carbocycles. The van der Waals surface area contributed by atoms with Gasteiger partial charge in [-0.05, 0) is 16.8 Å². The van der Waals surface area contributed by atoms with Crippen molar-refractivity contribution >= 4 is 5.82 Å². The first-order valence-electron chi connectivity index (χ1n) is 5.42. The van der Waals surface area contributed by atoms with Crippen LogP contribution in [-0.4, -0.2) is 19.9 Å². The standard InChI is InChI=1S/C10H18N4O2/c1-5-6-13-8(7-10(2,3)4)9(11-12-13)14(15)16/h5-7H2,1-4H3. The lowest BCUT2D eigenvalue weighted by Crippen LogP contribution is -2.15. The highest BCUT2D eigenvalue weighted by atomic mass is 16.6. The maximum atomic E-state index is 10.8. The summed E-state index contributed by atoms with van der Waals surface area (Å²) in [6.45, 7) is 8.81. The number of hydrogen-bond donors (Lipinski definition) is 0. The Bertz CT molecular complexity index is 379. The molecule has 1 rings (SSSR count). The van der Waals surface area contributed by atoms with Crippen LogP contribution in [-0.2, 0) is 13.0 Å². The molecule has 0 fully saturated rings. The highest BCUT2D eigenvalue weighted by Gasteiger charge is 2.27. The Kier molecular flexibility index (Phi) is 3.62. The summed E-state index contributed by atoms with van der Waals surface area (Å²) in [5, 5.41) is 18.3. The predicted octanol–water partition coefficient (Wildman–Crippen LogP) is 2.18. The zero-order chi connectivity index (χ0) is 12.3. The van der Waals surface area contributed by atoms with Gasteiger partial charge in [0.2, 0.25) is 0 Å². The van der Waals surface area contributed by atoms with Crippen molar-refractivity contribution in [3.05, 3.63) is 15.8 Å². The van der Waals surface area contributed by atoms with Gasteiger partial charge in [0.05, 0.1) is 5.21 Å². The van der Waals surface area contributed by atoms with E-state index in [-0.39, 0.29) is 11.2 Å². The molecule has 1 aromatic heterocycles. The summed E-state index contributed by atoms with van der Waals surface area (Å²) in [5.41, 5.74) is 0.608. The van der Waals surface area contributed by atoms with Crippen molar-refractivity contribution in [3.8, 4) is 0 Å². The molecular formula is C10H18N4O2. The predicted molar refractivity (Wildman–Crippen MR) is 60.1 cm³/mol. The van der Waals surface area contributed by atoms with E-state index in [1.165, 1.54) is 0 Å². The second kappa shape index (κ2) is 4.59. The van der Waals surface area contributed by atoms with E-state index in [1.807, 2.05) is 27.7 Å². The lowest BCUT2D eigenvalue weighted by Gasteiger charge is -2.17. The van der Waals surface area contributed by atoms with Crippen LogP contribution in [0.2, 0.25) is 0 Å². The van der Waals surface area contributed by atoms with Crippen molar-refractivity contribution in [2.45, 2.75) is 47.1 Å². The zero-order valence-corrected chi connectivity index (χ0v) is 10.2. The molecule has 0 spiro atoms. The Labute approximate surface area is 94.8 Å². The lowest BCUT2D eigenvalue weighted by atomic mass is 9.90. The third-order valence-corrected chi connectivity index (χ3v) is 2.12. The van der Waals surface area contributed by atoms with E-state index in [0.29, 0.717) is 18.7 Å². The minimum Gasteiger partial charge on any atom is -0.358 e. The quantitative estimate of drug-likeness (QED) is 0.582. The first kappa shape index (κ1) is 12.6. The summed E-state index contributed by atoms with van der Waals surface area (Å²) in [6, 6.07) is 0. The van der Waals surface area contributed by atoms with Crippen molar-refractivity contribution in [2.75, 3.05) is 0 Å². The molecule has 0 saturated carbocycles. The van der Waals surface area contributed by atoms with Crippen LogP contribution in [0.25, 0.3) is 0 Å². The fourth-order valence-corrected chi connectivity index (χ4v) is 1.53. The number of hydrogen-bond acceptors (Lipinski definition) is 4. The molecule has 6 nitrogen and oxygen atoms in total. The van der Waals surface area contributed by atoms with Gasteiger partial charge in [0.15, 0.2) is 0 Å². The van der Waals surface area contributed by atoms with Crippen molar-refractivity contribution in [1.29, 1.82) is 0 Å². The van der Waals surface area contributed by atoms with Crippen LogP contribution in [0.3, 0.4) is 0 Å². The Hall–Kier alpha value is -1.46. The number of aryl methyl sites for hydroxylation is 1. The molecule has 90 valence electrons. The molecule has 0 radical (unpaired) electrons. The molecule has 0 aliphatic rings. The normalized spacial score (nSPS) is 11.8. The maximum absolute atomic E-state index is 10.8. The van der Waals surface area contributed by atoms with Gasteiger partial charge in [0, 0.05) is 13.0 Å². The summed E-state index contributed by atoms with van der Waals surface area (Å²) in [4.78, 5) is 10.4. The monoisotopic (exact) mass is 226 g/mol. The first-order valence-corrected chi connectivity index (χ1v) is 5.42. The number of rotatable bonds is 4. The van der Waals surface area contributed by atoms with E-state index >= 15 is 0 Å². The number of nitrogens with zero attached hydrogens (tertiary/aromatic N) is 4. The summed E-state index contributed by atoms with van der Waals surface area (Å²) < 4.78 is 1.64. The van der Waals surface area contributed by atoms with Crippen LogP contribution in [0.5, 0.6) is 0 Å². The van der Waals surface area contributed by atoms with Crippen molar-refractivity contribution in [3.63, 3.8) is 0 Å². The fourth-order valence-electron chi connectivity index (χ4n) is 1.53. The van der Waals surface area contributed by atoms with Crippen LogP contribution in [0, 0.1) is 15.5 Å². The summed E-state index contributed by atoms with van der Waals surface area (Å²) >= 11 is 0. The van der Waals surface area contributed by atoms with Gasteiger partial charge in [-0.15, -0.1) is 0 Å². The van der Waals surface area contributed by atoms with E-state index in [9.17, 15) is 10.1 Å². The highest BCUT2D eigenvalue weighted by molar-refractivity contribution is 5.25. The highest BCUT2D eigenvalue weighted by Crippen LogP contribution is 2.25. The molecule has 0 saturated heterocycles. The van der Waals surface area contributed by atoms with E-state index in [0.717, 1.165) is 6.42 Å². The minimum atomic E-state index is -0.458. The summed E-state index contributed by atoms with van der Waals surface area (Å²) in [6.07, 6.45) is 1.49. The maximum Gasteiger partial charge on any atom is 0.413 e. The Balaban J connectivity index is 3.08. The molecule has 0 bridgehead atoms. The van der Waals surface area contributed by atoms with Gasteiger partial charge in [-0.2, -0.15) is 0 Å². The SMILES string of the molecule is CCCn1nnc([N+](=O)[O-])c1CC(C)(C)C. The fraction of sp³-hybridized carbons (Fsp3) is 0.800. The average molecular weight is 226 g/mol. The van der Waals surface area contributed by atoms with E-state index < -0.39 is 4.92 Å². The largest absolute Gasteiger partial charge is 0.413 e. The summed E-state index contributed by atoms with van der Waals surface area (Å²) in [7, 11) is 0. The third kappa shape index (κ3) is 3.01. The average Bonchev–Trinajstić information content (AvgIpc) is 2.47. The van der Waals surface area contributed by atoms with Crippen LogP contribution < -0.4 is 0 Å². The first-order chi connectivity index (χ1) is 7.35. The van der Waals surface area contributed by atoms with Crippen LogP contribution >= 0.6 is 0 Å². The molecule has 1 aromatic rings. The Morgan fingerprint density at radius 3 is 2.50 bits per heavy atom. The van der Waals surface area contributed by atoms with Gasteiger partial charge in [-0.3, -0.25) is 0 Å². The Morgan fingerprint density at radius 1 is 1.44 bits per heavy atom. The van der Waals surface area contributed by atoms with E-state index in [2.05, 4.69) is 10.3 Å². The molecule has 1 heterocycles. The van der Waals surface area contributed by atoms with Crippen molar-refractivity contribution in [1.82, 2.24) is 15.0 Å². The zero-order valence-electron chi connectivity index (χ0n) is 10.2. The van der Waals surface area contributed by atoms with Crippen LogP contribution in [0.4, 0.5) is 5.82 Å². The molecule has 0 amide bonds. The van der Waals surface area contributed by atoms with Gasteiger partial charge >= 0.3 is 5.82 Å². The topological polar surface area (TPSA) is 73.8 Å². The lowest BCUT2D eigenvalue weighted by molar-refractivity contribution is -0.390. The summed E-state index contributed by atoms with van der Waals surface area (Å²) in [5.74, 6) is -0.108. The molecule has 0 aliphatic heterocycles. The van der Waals surface area contributed by atoms with Crippen molar-refractivity contribution in [2.24, 2.45) is 5.41 Å². The van der Waals surface area contributed by atoms with Gasteiger partial charge in [0.1, 0.15) is 10.8 Å². The third-order valence-electron chi connectivity index (χ3n) is 2.12. The van der Waals surface area contributed by atoms with Crippen LogP contribution in [0.1, 0.15) is 39.8 Å². The molecule has 0 N–H and O–H groups in total. The second-order valence-corrected chi connectivity index (χ2v) is 5.08. The number of aromatic nitrogens is 3. The molecule has 6 heteroatoms. The van der Waals surface area contributed by atoms with E-state index in [1.54, 1.807) is 4.68 Å². The van der Waals surface area contributed by atoms with Crippen molar-refractivity contribution < 1.29 is 4.92 Å². The smallest absolute Gasteiger partial charge is 0.358 e. The van der Waals surface area contributed by atoms with Crippen LogP contribution in [0.15, 0.2) is 0 Å². The van der Waals surface area contributed by atoms with Gasteiger partial charge in [0.25, 0.3) is 0 Å². The minimum absolute atomic E-state index is 0.0159. The van der Waals surface area contributed by atoms with E-state index in [4.69, 9.17) is 0 Å². The van der Waals surface area contributed by atoms with Gasteiger partial charge < -0.3 is 10.1 Å². The molecular weight excluding hydrogens is 208 g/mol.